The molecule has 0 aliphatic heterocycles. The van der Waals surface area contributed by atoms with Gasteiger partial charge in [-0.3, -0.25) is 0 Å². The number of hydrogen-bond donors (Lipinski definition) is 1. The first kappa shape index (κ1) is 18.9. The summed E-state index contributed by atoms with van der Waals surface area (Å²) >= 11 is 0. The Kier molecular flexibility index (Phi) is 10.0. The van der Waals surface area contributed by atoms with Gasteiger partial charge in [-0.2, -0.15) is 4.98 Å². The number of unbranched alkanes of at least 4 members (excludes halogenated alkanes) is 1. The fourth-order valence-corrected chi connectivity index (χ4v) is 1.60. The molecule has 0 radical (unpaired) electrons. The summed E-state index contributed by atoms with van der Waals surface area (Å²) in [4.78, 5) is 10.7. The van der Waals surface area contributed by atoms with Crippen molar-refractivity contribution in [2.75, 3.05) is 20.1 Å². The second-order valence-corrected chi connectivity index (χ2v) is 4.25. The Labute approximate surface area is 137 Å². The summed E-state index contributed by atoms with van der Waals surface area (Å²) in [6, 6.07) is 0. The predicted octanol–water partition coefficient (Wildman–Crippen LogP) is 2.36. The van der Waals surface area contributed by atoms with E-state index in [0.717, 1.165) is 31.9 Å². The predicted molar refractivity (Wildman–Crippen MR) is 91.3 cm³/mol. The Morgan fingerprint density at radius 1 is 1.55 bits per heavy atom. The largest absolute Gasteiger partial charge is 0.357 e. The first-order valence-corrected chi connectivity index (χ1v) is 6.57. The molecule has 1 N–H and O–H groups in total. The zero-order valence-electron chi connectivity index (χ0n) is 12.4. The molecule has 1 heterocycles. The Morgan fingerprint density at radius 3 is 2.85 bits per heavy atom. The average molecular weight is 393 g/mol. The number of nitrogens with one attached hydrogen (secondary N) is 1. The average Bonchev–Trinajstić information content (AvgIpc) is 2.80. The van der Waals surface area contributed by atoms with E-state index in [4.69, 9.17) is 4.52 Å². The molecule has 1 aromatic heterocycles. The van der Waals surface area contributed by atoms with Gasteiger partial charge in [0.2, 0.25) is 5.89 Å². The minimum atomic E-state index is 0. The first-order valence-electron chi connectivity index (χ1n) is 6.57. The van der Waals surface area contributed by atoms with Gasteiger partial charge in [0.15, 0.2) is 11.8 Å². The zero-order valence-corrected chi connectivity index (χ0v) is 14.8. The molecule has 0 aliphatic rings. The number of aryl methyl sites for hydroxylation is 1. The Hall–Kier alpha value is -1.12. The number of aliphatic imine (C=N–C) groups is 1. The van der Waals surface area contributed by atoms with Crippen molar-refractivity contribution in [3.8, 4) is 0 Å². The smallest absolute Gasteiger partial charge is 0.223 e. The first-order chi connectivity index (χ1) is 9.17. The molecule has 1 aromatic rings. The van der Waals surface area contributed by atoms with E-state index in [0.29, 0.717) is 18.3 Å². The third kappa shape index (κ3) is 6.88. The van der Waals surface area contributed by atoms with Crippen molar-refractivity contribution in [1.29, 1.82) is 0 Å². The van der Waals surface area contributed by atoms with Crippen LogP contribution in [0.25, 0.3) is 0 Å². The van der Waals surface area contributed by atoms with Gasteiger partial charge in [0.1, 0.15) is 6.54 Å². The molecule has 0 unspecified atom stereocenters. The normalized spacial score (nSPS) is 10.8. The standard InChI is InChI=1S/C13H23N5O.HI/c1-5-7-8-9-18(4)13(14-6-2)15-10-12-16-11(3)19-17-12;/h5H,1,6-10H2,2-4H3,(H,14,15);1H. The van der Waals surface area contributed by atoms with Crippen LogP contribution in [0.15, 0.2) is 22.2 Å². The van der Waals surface area contributed by atoms with Gasteiger partial charge in [-0.1, -0.05) is 11.2 Å². The summed E-state index contributed by atoms with van der Waals surface area (Å²) in [6.07, 6.45) is 4.00. The molecule has 0 aromatic carbocycles. The molecule has 6 nitrogen and oxygen atoms in total. The maximum atomic E-state index is 4.92. The van der Waals surface area contributed by atoms with Crippen molar-refractivity contribution in [2.45, 2.75) is 33.2 Å². The molecule has 0 saturated heterocycles. The molecule has 0 atom stereocenters. The van der Waals surface area contributed by atoms with Gasteiger partial charge in [-0.15, -0.1) is 30.6 Å². The Bertz CT molecular complexity index is 419. The van der Waals surface area contributed by atoms with Gasteiger partial charge < -0.3 is 14.7 Å². The monoisotopic (exact) mass is 393 g/mol. The summed E-state index contributed by atoms with van der Waals surface area (Å²) in [5.41, 5.74) is 0. The summed E-state index contributed by atoms with van der Waals surface area (Å²) in [5, 5.41) is 7.08. The maximum absolute atomic E-state index is 4.92. The minimum absolute atomic E-state index is 0. The highest BCUT2D eigenvalue weighted by Crippen LogP contribution is 1.99. The van der Waals surface area contributed by atoms with Crippen molar-refractivity contribution in [3.63, 3.8) is 0 Å². The number of hydrogen-bond acceptors (Lipinski definition) is 4. The van der Waals surface area contributed by atoms with Crippen molar-refractivity contribution in [3.05, 3.63) is 24.4 Å². The van der Waals surface area contributed by atoms with Crippen LogP contribution >= 0.6 is 24.0 Å². The second-order valence-electron chi connectivity index (χ2n) is 4.25. The van der Waals surface area contributed by atoms with Crippen LogP contribution in [0.2, 0.25) is 0 Å². The van der Waals surface area contributed by atoms with Crippen molar-refractivity contribution in [2.24, 2.45) is 4.99 Å². The fraction of sp³-hybridized carbons (Fsp3) is 0.615. The maximum Gasteiger partial charge on any atom is 0.223 e. The van der Waals surface area contributed by atoms with Gasteiger partial charge >= 0.3 is 0 Å². The van der Waals surface area contributed by atoms with Crippen molar-refractivity contribution >= 4 is 29.9 Å². The lowest BCUT2D eigenvalue weighted by molar-refractivity contribution is 0.387. The van der Waals surface area contributed by atoms with Crippen molar-refractivity contribution in [1.82, 2.24) is 20.4 Å². The van der Waals surface area contributed by atoms with Crippen LogP contribution < -0.4 is 5.32 Å². The van der Waals surface area contributed by atoms with E-state index in [-0.39, 0.29) is 24.0 Å². The van der Waals surface area contributed by atoms with Crippen LogP contribution in [-0.2, 0) is 6.54 Å². The molecule has 0 fully saturated rings. The van der Waals surface area contributed by atoms with E-state index in [2.05, 4.69) is 31.9 Å². The van der Waals surface area contributed by atoms with E-state index >= 15 is 0 Å². The molecule has 114 valence electrons. The van der Waals surface area contributed by atoms with Crippen LogP contribution in [0.5, 0.6) is 0 Å². The lowest BCUT2D eigenvalue weighted by atomic mass is 10.3. The Morgan fingerprint density at radius 2 is 2.30 bits per heavy atom. The van der Waals surface area contributed by atoms with Gasteiger partial charge in [-0.05, 0) is 19.8 Å². The zero-order chi connectivity index (χ0) is 14.1. The van der Waals surface area contributed by atoms with Crippen LogP contribution in [0, 0.1) is 6.92 Å². The van der Waals surface area contributed by atoms with Crippen LogP contribution in [0.3, 0.4) is 0 Å². The van der Waals surface area contributed by atoms with E-state index in [9.17, 15) is 0 Å². The third-order valence-corrected chi connectivity index (χ3v) is 2.54. The number of halogens is 1. The molecule has 7 heteroatoms. The summed E-state index contributed by atoms with van der Waals surface area (Å²) in [5.74, 6) is 2.02. The molecule has 20 heavy (non-hydrogen) atoms. The summed E-state index contributed by atoms with van der Waals surface area (Å²) < 4.78 is 4.92. The molecular weight excluding hydrogens is 369 g/mol. The second kappa shape index (κ2) is 10.6. The lowest BCUT2D eigenvalue weighted by Gasteiger charge is -2.21. The third-order valence-electron chi connectivity index (χ3n) is 2.54. The number of rotatable bonds is 7. The van der Waals surface area contributed by atoms with Gasteiger partial charge in [0.05, 0.1) is 0 Å². The van der Waals surface area contributed by atoms with Crippen LogP contribution in [-0.4, -0.2) is 41.1 Å². The van der Waals surface area contributed by atoms with E-state index in [1.54, 1.807) is 6.92 Å². The van der Waals surface area contributed by atoms with E-state index in [1.165, 1.54) is 0 Å². The van der Waals surface area contributed by atoms with E-state index in [1.807, 2.05) is 20.0 Å². The highest BCUT2D eigenvalue weighted by Gasteiger charge is 2.06. The molecule has 0 aliphatic carbocycles. The summed E-state index contributed by atoms with van der Waals surface area (Å²) in [6.45, 7) is 9.73. The van der Waals surface area contributed by atoms with Crippen LogP contribution in [0.1, 0.15) is 31.5 Å². The van der Waals surface area contributed by atoms with Gasteiger partial charge in [0, 0.05) is 27.1 Å². The molecule has 0 spiro atoms. The fourth-order valence-electron chi connectivity index (χ4n) is 1.60. The molecule has 0 bridgehead atoms. The lowest BCUT2D eigenvalue weighted by Crippen LogP contribution is -2.39. The molecular formula is C13H24IN5O. The minimum Gasteiger partial charge on any atom is -0.357 e. The van der Waals surface area contributed by atoms with Gasteiger partial charge in [0.25, 0.3) is 0 Å². The highest BCUT2D eigenvalue weighted by molar-refractivity contribution is 14.0. The SMILES string of the molecule is C=CCCCN(C)C(=NCc1noc(C)n1)NCC.I. The quantitative estimate of drug-likeness (QED) is 0.253. The number of allylic oxidation sites excluding steroid dienone is 1. The highest BCUT2D eigenvalue weighted by atomic mass is 127. The number of aromatic nitrogens is 2. The van der Waals surface area contributed by atoms with Crippen molar-refractivity contribution < 1.29 is 4.52 Å². The number of nitrogens with zero attached hydrogens (tertiary/aromatic N) is 4. The van der Waals surface area contributed by atoms with Gasteiger partial charge in [-0.25, -0.2) is 4.99 Å². The topological polar surface area (TPSA) is 66.5 Å². The summed E-state index contributed by atoms with van der Waals surface area (Å²) in [7, 11) is 2.02. The molecule has 1 rings (SSSR count). The van der Waals surface area contributed by atoms with Crippen LogP contribution in [0.4, 0.5) is 0 Å². The Balaban J connectivity index is 0.00000361. The number of guanidine groups is 1. The molecule has 0 amide bonds. The molecule has 0 saturated carbocycles. The van der Waals surface area contributed by atoms with E-state index < -0.39 is 0 Å².